The Kier molecular flexibility index (Phi) is 3.54. The number of carbonyl (C=O) groups excluding carboxylic acids is 1. The second-order valence-electron chi connectivity index (χ2n) is 6.02. The maximum atomic E-state index is 12.5. The molecule has 5 nitrogen and oxygen atoms in total. The number of aromatic nitrogens is 1. The molecule has 0 bridgehead atoms. The molecule has 3 atom stereocenters. The van der Waals surface area contributed by atoms with Crippen molar-refractivity contribution in [2.75, 3.05) is 7.05 Å². The van der Waals surface area contributed by atoms with Gasteiger partial charge in [0.05, 0.1) is 17.9 Å². The molecule has 1 aromatic rings. The van der Waals surface area contributed by atoms with Crippen LogP contribution in [0.5, 0.6) is 0 Å². The molecule has 2 rings (SSSR count). The fourth-order valence-corrected chi connectivity index (χ4v) is 2.84. The molecule has 1 aliphatic rings. The summed E-state index contributed by atoms with van der Waals surface area (Å²) in [7, 11) is 1.72. The number of hydrogen-bond donors (Lipinski definition) is 1. The summed E-state index contributed by atoms with van der Waals surface area (Å²) in [5.41, 5.74) is 0.524. The molecule has 1 amide bonds. The average molecular weight is 276 g/mol. The van der Waals surface area contributed by atoms with Gasteiger partial charge in [-0.15, -0.1) is 0 Å². The predicted octanol–water partition coefficient (Wildman–Crippen LogP) is 1.96. The summed E-state index contributed by atoms with van der Waals surface area (Å²) in [6, 6.07) is 3.62. The summed E-state index contributed by atoms with van der Waals surface area (Å²) in [6.07, 6.45) is 3.37. The summed E-state index contributed by atoms with van der Waals surface area (Å²) < 4.78 is 0. The molecule has 1 aromatic heterocycles. The largest absolute Gasteiger partial charge is 0.481 e. The van der Waals surface area contributed by atoms with Crippen LogP contribution in [0.1, 0.15) is 32.4 Å². The summed E-state index contributed by atoms with van der Waals surface area (Å²) in [4.78, 5) is 29.3. The summed E-state index contributed by atoms with van der Waals surface area (Å²) in [5, 5.41) is 9.17. The Labute approximate surface area is 118 Å². The fraction of sp³-hybridized carbons (Fsp3) is 0.533. The van der Waals surface area contributed by atoms with Gasteiger partial charge in [0.15, 0.2) is 0 Å². The number of carboxylic acid groups (broad SMARTS) is 1. The van der Waals surface area contributed by atoms with Gasteiger partial charge in [-0.25, -0.2) is 0 Å². The molecule has 0 aliphatic heterocycles. The zero-order chi connectivity index (χ0) is 15.1. The van der Waals surface area contributed by atoms with E-state index in [1.54, 1.807) is 24.3 Å². The average Bonchev–Trinajstić information content (AvgIpc) is 3.00. The first-order valence-corrected chi connectivity index (χ1v) is 6.68. The normalized spacial score (nSPS) is 24.8. The van der Waals surface area contributed by atoms with Crippen molar-refractivity contribution in [3.63, 3.8) is 0 Å². The highest BCUT2D eigenvalue weighted by atomic mass is 16.4. The summed E-state index contributed by atoms with van der Waals surface area (Å²) in [6.45, 7) is 5.59. The second kappa shape index (κ2) is 4.89. The van der Waals surface area contributed by atoms with Gasteiger partial charge in [-0.05, 0) is 30.0 Å². The topological polar surface area (TPSA) is 70.5 Å². The molecule has 1 aliphatic carbocycles. The van der Waals surface area contributed by atoms with Crippen LogP contribution in [0, 0.1) is 17.3 Å². The third kappa shape index (κ3) is 2.28. The molecule has 1 fully saturated rings. The zero-order valence-electron chi connectivity index (χ0n) is 12.2. The minimum Gasteiger partial charge on any atom is -0.481 e. The lowest BCUT2D eigenvalue weighted by molar-refractivity contribution is -0.142. The lowest BCUT2D eigenvalue weighted by Crippen LogP contribution is -2.32. The molecule has 0 aromatic carbocycles. The van der Waals surface area contributed by atoms with E-state index < -0.39 is 23.2 Å². The van der Waals surface area contributed by atoms with E-state index in [9.17, 15) is 9.59 Å². The Morgan fingerprint density at radius 3 is 2.30 bits per heavy atom. The van der Waals surface area contributed by atoms with Gasteiger partial charge in [-0.1, -0.05) is 13.8 Å². The molecule has 20 heavy (non-hydrogen) atoms. The highest BCUT2D eigenvalue weighted by Crippen LogP contribution is 2.59. The third-order valence-electron chi connectivity index (χ3n) is 4.48. The Morgan fingerprint density at radius 1 is 1.30 bits per heavy atom. The molecule has 1 saturated carbocycles. The molecule has 0 radical (unpaired) electrons. The monoisotopic (exact) mass is 276 g/mol. The number of hydrogen-bond acceptors (Lipinski definition) is 3. The first-order chi connectivity index (χ1) is 9.28. The van der Waals surface area contributed by atoms with Crippen LogP contribution in [0.25, 0.3) is 0 Å². The van der Waals surface area contributed by atoms with E-state index in [-0.39, 0.29) is 11.9 Å². The van der Waals surface area contributed by atoms with Crippen LogP contribution in [0.2, 0.25) is 0 Å². The van der Waals surface area contributed by atoms with Crippen LogP contribution in [0.15, 0.2) is 24.5 Å². The van der Waals surface area contributed by atoms with E-state index >= 15 is 0 Å². The first-order valence-electron chi connectivity index (χ1n) is 6.68. The van der Waals surface area contributed by atoms with Crippen molar-refractivity contribution >= 4 is 11.9 Å². The predicted molar refractivity (Wildman–Crippen MR) is 73.8 cm³/mol. The molecule has 0 saturated heterocycles. The minimum atomic E-state index is -0.890. The zero-order valence-corrected chi connectivity index (χ0v) is 12.2. The molecular formula is C15H20N2O3. The quantitative estimate of drug-likeness (QED) is 0.912. The smallest absolute Gasteiger partial charge is 0.307 e. The number of rotatable bonds is 4. The van der Waals surface area contributed by atoms with Crippen molar-refractivity contribution in [2.24, 2.45) is 17.3 Å². The van der Waals surface area contributed by atoms with Crippen molar-refractivity contribution in [1.82, 2.24) is 9.88 Å². The number of aliphatic carboxylic acids is 1. The van der Waals surface area contributed by atoms with Crippen LogP contribution >= 0.6 is 0 Å². The van der Waals surface area contributed by atoms with Gasteiger partial charge in [-0.3, -0.25) is 14.6 Å². The van der Waals surface area contributed by atoms with Crippen molar-refractivity contribution < 1.29 is 14.7 Å². The second-order valence-corrected chi connectivity index (χ2v) is 6.02. The maximum absolute atomic E-state index is 12.5. The molecule has 3 unspecified atom stereocenters. The lowest BCUT2D eigenvalue weighted by Gasteiger charge is -2.26. The van der Waals surface area contributed by atoms with Gasteiger partial charge in [0.1, 0.15) is 0 Å². The Bertz CT molecular complexity index is 527. The maximum Gasteiger partial charge on any atom is 0.307 e. The molecular weight excluding hydrogens is 256 g/mol. The van der Waals surface area contributed by atoms with Crippen molar-refractivity contribution in [1.29, 1.82) is 0 Å². The Balaban J connectivity index is 2.13. The van der Waals surface area contributed by atoms with Crippen molar-refractivity contribution in [3.05, 3.63) is 30.1 Å². The van der Waals surface area contributed by atoms with Crippen LogP contribution in [-0.4, -0.2) is 33.9 Å². The number of carbonyl (C=O) groups is 2. The molecule has 0 spiro atoms. The Morgan fingerprint density at radius 2 is 1.85 bits per heavy atom. The van der Waals surface area contributed by atoms with Gasteiger partial charge in [0, 0.05) is 19.4 Å². The highest BCUT2D eigenvalue weighted by molar-refractivity contribution is 5.91. The summed E-state index contributed by atoms with van der Waals surface area (Å²) in [5.74, 6) is -2.01. The van der Waals surface area contributed by atoms with Gasteiger partial charge in [0.25, 0.3) is 0 Å². The highest BCUT2D eigenvalue weighted by Gasteiger charge is 2.66. The number of nitrogens with zero attached hydrogens (tertiary/aromatic N) is 2. The molecule has 1 heterocycles. The lowest BCUT2D eigenvalue weighted by atomic mass is 10.1. The van der Waals surface area contributed by atoms with E-state index in [0.717, 1.165) is 5.56 Å². The first kappa shape index (κ1) is 14.5. The van der Waals surface area contributed by atoms with Gasteiger partial charge in [0.2, 0.25) is 5.91 Å². The SMILES string of the molecule is CC(c1ccncc1)N(C)C(=O)C1C(C(=O)O)C1(C)C. The fourth-order valence-electron chi connectivity index (χ4n) is 2.84. The minimum absolute atomic E-state index is 0.101. The van der Waals surface area contributed by atoms with Gasteiger partial charge >= 0.3 is 5.97 Å². The van der Waals surface area contributed by atoms with Crippen LogP contribution in [0.3, 0.4) is 0 Å². The van der Waals surface area contributed by atoms with Crippen LogP contribution in [-0.2, 0) is 9.59 Å². The third-order valence-corrected chi connectivity index (χ3v) is 4.48. The standard InChI is InChI=1S/C15H20N2O3/c1-9(10-5-7-16-8-6-10)17(4)13(18)11-12(14(19)20)15(11,2)3/h5-9,11-12H,1-4H3,(H,19,20). The Hall–Kier alpha value is -1.91. The molecule has 5 heteroatoms. The van der Waals surface area contributed by atoms with Gasteiger partial charge in [-0.2, -0.15) is 0 Å². The van der Waals surface area contributed by atoms with Crippen LogP contribution in [0.4, 0.5) is 0 Å². The van der Waals surface area contributed by atoms with E-state index in [0.29, 0.717) is 0 Å². The van der Waals surface area contributed by atoms with Crippen LogP contribution < -0.4 is 0 Å². The van der Waals surface area contributed by atoms with Crippen molar-refractivity contribution in [2.45, 2.75) is 26.8 Å². The van der Waals surface area contributed by atoms with Crippen molar-refractivity contribution in [3.8, 4) is 0 Å². The van der Waals surface area contributed by atoms with E-state index in [4.69, 9.17) is 5.11 Å². The van der Waals surface area contributed by atoms with E-state index in [1.165, 1.54) is 0 Å². The molecule has 108 valence electrons. The summed E-state index contributed by atoms with van der Waals surface area (Å²) >= 11 is 0. The number of pyridine rings is 1. The number of carboxylic acids is 1. The van der Waals surface area contributed by atoms with Gasteiger partial charge < -0.3 is 10.0 Å². The molecule has 1 N–H and O–H groups in total. The van der Waals surface area contributed by atoms with E-state index in [2.05, 4.69) is 4.98 Å². The number of amides is 1. The van der Waals surface area contributed by atoms with E-state index in [1.807, 2.05) is 32.9 Å².